The van der Waals surface area contributed by atoms with Crippen molar-refractivity contribution >= 4 is 33.4 Å². The number of amides is 1. The standard InChI is InChI=1S/C17H22N2O3S/c1-2-3-7-13(17(21)22)18-15(20)10-6-11-16-19-12-8-4-5-9-14(12)23-16/h4-5,8-9,13H,2-3,6-7,10-11H2,1H3,(H,18,20)(H,21,22)/t13-/m0/s1. The molecule has 0 aliphatic rings. The van der Waals surface area contributed by atoms with Crippen LogP contribution in [0.4, 0.5) is 0 Å². The van der Waals surface area contributed by atoms with Gasteiger partial charge in [0, 0.05) is 6.42 Å². The summed E-state index contributed by atoms with van der Waals surface area (Å²) >= 11 is 1.64. The molecule has 2 N–H and O–H groups in total. The molecular weight excluding hydrogens is 312 g/mol. The zero-order chi connectivity index (χ0) is 16.7. The van der Waals surface area contributed by atoms with Crippen molar-refractivity contribution in [1.29, 1.82) is 0 Å². The van der Waals surface area contributed by atoms with E-state index in [0.29, 0.717) is 19.3 Å². The number of carbonyl (C=O) groups is 2. The van der Waals surface area contributed by atoms with Gasteiger partial charge in [0.25, 0.3) is 0 Å². The monoisotopic (exact) mass is 334 g/mol. The van der Waals surface area contributed by atoms with Crippen LogP contribution in [0, 0.1) is 0 Å². The van der Waals surface area contributed by atoms with Gasteiger partial charge in [0.2, 0.25) is 5.91 Å². The van der Waals surface area contributed by atoms with Gasteiger partial charge in [-0.1, -0.05) is 31.9 Å². The Morgan fingerprint density at radius 2 is 2.09 bits per heavy atom. The number of thiazole rings is 1. The third-order valence-electron chi connectivity index (χ3n) is 3.61. The molecule has 2 rings (SSSR count). The Morgan fingerprint density at radius 3 is 2.78 bits per heavy atom. The summed E-state index contributed by atoms with van der Waals surface area (Å²) in [5.41, 5.74) is 0.988. The summed E-state index contributed by atoms with van der Waals surface area (Å²) in [5.74, 6) is -1.16. The quantitative estimate of drug-likeness (QED) is 0.737. The van der Waals surface area contributed by atoms with Gasteiger partial charge in [0.05, 0.1) is 15.2 Å². The highest BCUT2D eigenvalue weighted by atomic mass is 32.1. The number of rotatable bonds is 9. The predicted octanol–water partition coefficient (Wildman–Crippen LogP) is 3.38. The lowest BCUT2D eigenvalue weighted by molar-refractivity contribution is -0.142. The number of hydrogen-bond acceptors (Lipinski definition) is 4. The maximum Gasteiger partial charge on any atom is 0.326 e. The maximum absolute atomic E-state index is 11.9. The number of para-hydroxylation sites is 1. The molecule has 1 heterocycles. The molecule has 23 heavy (non-hydrogen) atoms. The topological polar surface area (TPSA) is 79.3 Å². The summed E-state index contributed by atoms with van der Waals surface area (Å²) in [6.07, 6.45) is 3.92. The van der Waals surface area contributed by atoms with Crippen LogP contribution in [-0.2, 0) is 16.0 Å². The average molecular weight is 334 g/mol. The molecule has 0 bridgehead atoms. The predicted molar refractivity (Wildman–Crippen MR) is 91.6 cm³/mol. The van der Waals surface area contributed by atoms with Gasteiger partial charge >= 0.3 is 5.97 Å². The molecule has 2 aromatic rings. The van der Waals surface area contributed by atoms with E-state index in [1.807, 2.05) is 31.2 Å². The minimum Gasteiger partial charge on any atom is -0.480 e. The van der Waals surface area contributed by atoms with Crippen LogP contribution in [-0.4, -0.2) is 28.0 Å². The highest BCUT2D eigenvalue weighted by molar-refractivity contribution is 7.18. The number of carboxylic acid groups (broad SMARTS) is 1. The van der Waals surface area contributed by atoms with Gasteiger partial charge in [0.15, 0.2) is 0 Å². The molecule has 1 aromatic carbocycles. The van der Waals surface area contributed by atoms with Crippen LogP contribution < -0.4 is 5.32 Å². The van der Waals surface area contributed by atoms with Gasteiger partial charge in [0.1, 0.15) is 6.04 Å². The molecule has 6 heteroatoms. The number of nitrogens with one attached hydrogen (secondary N) is 1. The number of benzene rings is 1. The highest BCUT2D eigenvalue weighted by Gasteiger charge is 2.18. The lowest BCUT2D eigenvalue weighted by Crippen LogP contribution is -2.40. The summed E-state index contributed by atoms with van der Waals surface area (Å²) in [5, 5.41) is 12.7. The Bertz CT molecular complexity index is 636. The van der Waals surface area contributed by atoms with Gasteiger partial charge in [-0.3, -0.25) is 4.79 Å². The van der Waals surface area contributed by atoms with Crippen molar-refractivity contribution < 1.29 is 14.7 Å². The number of fused-ring (bicyclic) bond motifs is 1. The van der Waals surface area contributed by atoms with E-state index < -0.39 is 12.0 Å². The number of carbonyl (C=O) groups excluding carboxylic acids is 1. The number of carboxylic acids is 1. The number of aliphatic carboxylic acids is 1. The first-order chi connectivity index (χ1) is 11.1. The van der Waals surface area contributed by atoms with Crippen LogP contribution in [0.15, 0.2) is 24.3 Å². The summed E-state index contributed by atoms with van der Waals surface area (Å²) < 4.78 is 1.15. The van der Waals surface area contributed by atoms with Crippen LogP contribution >= 0.6 is 11.3 Å². The Labute approximate surface area is 139 Å². The molecule has 1 atom stereocenters. The normalized spacial score (nSPS) is 12.2. The molecule has 0 unspecified atom stereocenters. The van der Waals surface area contributed by atoms with E-state index >= 15 is 0 Å². The highest BCUT2D eigenvalue weighted by Crippen LogP contribution is 2.22. The fraction of sp³-hybridized carbons (Fsp3) is 0.471. The van der Waals surface area contributed by atoms with Gasteiger partial charge < -0.3 is 10.4 Å². The zero-order valence-electron chi connectivity index (χ0n) is 13.2. The maximum atomic E-state index is 11.9. The number of nitrogens with zero attached hydrogens (tertiary/aromatic N) is 1. The van der Waals surface area contributed by atoms with Crippen molar-refractivity contribution in [3.63, 3.8) is 0 Å². The van der Waals surface area contributed by atoms with E-state index in [0.717, 1.165) is 34.5 Å². The second-order valence-electron chi connectivity index (χ2n) is 5.53. The fourth-order valence-corrected chi connectivity index (χ4v) is 3.37. The molecule has 5 nitrogen and oxygen atoms in total. The van der Waals surface area contributed by atoms with Gasteiger partial charge in [-0.25, -0.2) is 9.78 Å². The SMILES string of the molecule is CCCC[C@H](NC(=O)CCCc1nc2ccccc2s1)C(=O)O. The average Bonchev–Trinajstić information content (AvgIpc) is 2.93. The molecule has 0 aliphatic carbocycles. The molecule has 1 amide bonds. The number of aromatic nitrogens is 1. The first-order valence-corrected chi connectivity index (χ1v) is 8.78. The van der Waals surface area contributed by atoms with Crippen molar-refractivity contribution in [2.75, 3.05) is 0 Å². The second kappa shape index (κ2) is 8.62. The molecule has 124 valence electrons. The molecule has 0 saturated heterocycles. The molecule has 0 spiro atoms. The van der Waals surface area contributed by atoms with Crippen molar-refractivity contribution in [2.45, 2.75) is 51.5 Å². The first kappa shape index (κ1) is 17.4. The van der Waals surface area contributed by atoms with Gasteiger partial charge in [-0.15, -0.1) is 11.3 Å². The second-order valence-corrected chi connectivity index (χ2v) is 6.64. The molecular formula is C17H22N2O3S. The summed E-state index contributed by atoms with van der Waals surface area (Å²) in [6, 6.07) is 7.19. The van der Waals surface area contributed by atoms with E-state index in [1.165, 1.54) is 0 Å². The zero-order valence-corrected chi connectivity index (χ0v) is 14.1. The van der Waals surface area contributed by atoms with Crippen LogP contribution in [0.5, 0.6) is 0 Å². The Hall–Kier alpha value is -1.95. The van der Waals surface area contributed by atoms with Crippen LogP contribution in [0.25, 0.3) is 10.2 Å². The molecule has 0 fully saturated rings. The van der Waals surface area contributed by atoms with Gasteiger partial charge in [-0.2, -0.15) is 0 Å². The van der Waals surface area contributed by atoms with Crippen molar-refractivity contribution in [3.05, 3.63) is 29.3 Å². The van der Waals surface area contributed by atoms with Crippen molar-refractivity contribution in [2.24, 2.45) is 0 Å². The smallest absolute Gasteiger partial charge is 0.326 e. The summed E-state index contributed by atoms with van der Waals surface area (Å²) in [4.78, 5) is 27.5. The van der Waals surface area contributed by atoms with Crippen molar-refractivity contribution in [1.82, 2.24) is 10.3 Å². The van der Waals surface area contributed by atoms with Crippen LogP contribution in [0.1, 0.15) is 44.0 Å². The largest absolute Gasteiger partial charge is 0.480 e. The number of hydrogen-bond donors (Lipinski definition) is 2. The van der Waals surface area contributed by atoms with E-state index in [-0.39, 0.29) is 5.91 Å². The molecule has 0 saturated carbocycles. The third-order valence-corrected chi connectivity index (χ3v) is 4.71. The fourth-order valence-electron chi connectivity index (χ4n) is 2.36. The lowest BCUT2D eigenvalue weighted by Gasteiger charge is -2.13. The van der Waals surface area contributed by atoms with Gasteiger partial charge in [-0.05, 0) is 31.4 Å². The molecule has 0 radical (unpaired) electrons. The van der Waals surface area contributed by atoms with E-state index in [2.05, 4.69) is 10.3 Å². The van der Waals surface area contributed by atoms with E-state index in [9.17, 15) is 9.59 Å². The Balaban J connectivity index is 1.78. The molecule has 1 aromatic heterocycles. The van der Waals surface area contributed by atoms with Crippen LogP contribution in [0.2, 0.25) is 0 Å². The van der Waals surface area contributed by atoms with Crippen LogP contribution in [0.3, 0.4) is 0 Å². The van der Waals surface area contributed by atoms with E-state index in [1.54, 1.807) is 11.3 Å². The minimum atomic E-state index is -0.960. The number of unbranched alkanes of at least 4 members (excludes halogenated alkanes) is 1. The summed E-state index contributed by atoms with van der Waals surface area (Å²) in [7, 11) is 0. The molecule has 0 aliphatic heterocycles. The lowest BCUT2D eigenvalue weighted by atomic mass is 10.1. The third kappa shape index (κ3) is 5.32. The van der Waals surface area contributed by atoms with E-state index in [4.69, 9.17) is 5.11 Å². The van der Waals surface area contributed by atoms with Crippen molar-refractivity contribution in [3.8, 4) is 0 Å². The Morgan fingerprint density at radius 1 is 1.30 bits per heavy atom. The minimum absolute atomic E-state index is 0.199. The number of aryl methyl sites for hydroxylation is 1. The summed E-state index contributed by atoms with van der Waals surface area (Å²) in [6.45, 7) is 2.00. The first-order valence-electron chi connectivity index (χ1n) is 7.96. The Kier molecular flexibility index (Phi) is 6.52.